The van der Waals surface area contributed by atoms with Crippen LogP contribution in [0.2, 0.25) is 0 Å². The molecule has 1 saturated heterocycles. The van der Waals surface area contributed by atoms with Gasteiger partial charge in [-0.3, -0.25) is 0 Å². The van der Waals surface area contributed by atoms with Gasteiger partial charge in [-0.25, -0.2) is 0 Å². The average Bonchev–Trinajstić information content (AvgIpc) is 3.31. The predicted molar refractivity (Wildman–Crippen MR) is 97.6 cm³/mol. The van der Waals surface area contributed by atoms with E-state index in [1.165, 1.54) is 29.7 Å². The summed E-state index contributed by atoms with van der Waals surface area (Å²) in [4.78, 5) is 2.58. The largest absolute Gasteiger partial charge is 0.385 e. The molecule has 1 aliphatic heterocycles. The number of fused-ring (bicyclic) bond motifs is 2. The topological polar surface area (TPSA) is 23.5 Å². The maximum atomic E-state index is 11.0. The molecule has 2 nitrogen and oxygen atoms in total. The monoisotopic (exact) mass is 319 g/mol. The smallest absolute Gasteiger partial charge is 0.0880 e. The Morgan fingerprint density at radius 1 is 1.00 bits per heavy atom. The Balaban J connectivity index is 1.52. The first-order valence-corrected chi connectivity index (χ1v) is 9.25. The molecule has 2 aromatic carbocycles. The minimum absolute atomic E-state index is 0.108. The van der Waals surface area contributed by atoms with E-state index in [1.54, 1.807) is 0 Å². The molecule has 1 heterocycles. The molecule has 124 valence electrons. The van der Waals surface area contributed by atoms with E-state index in [9.17, 15) is 5.11 Å². The first-order valence-electron chi connectivity index (χ1n) is 9.25. The summed E-state index contributed by atoms with van der Waals surface area (Å²) in [6.45, 7) is 4.11. The summed E-state index contributed by atoms with van der Waals surface area (Å²) >= 11 is 0. The van der Waals surface area contributed by atoms with Crippen LogP contribution >= 0.6 is 0 Å². The molecule has 0 radical (unpaired) electrons. The lowest BCUT2D eigenvalue weighted by Crippen LogP contribution is -2.31. The van der Waals surface area contributed by atoms with Crippen LogP contribution in [0.4, 0.5) is 5.69 Å². The van der Waals surface area contributed by atoms with Gasteiger partial charge in [0.15, 0.2) is 0 Å². The van der Waals surface area contributed by atoms with Gasteiger partial charge in [-0.15, -0.1) is 0 Å². The molecule has 2 aliphatic carbocycles. The summed E-state index contributed by atoms with van der Waals surface area (Å²) in [6.07, 6.45) is 4.67. The second kappa shape index (κ2) is 4.86. The molecule has 0 bridgehead atoms. The third-order valence-corrected chi connectivity index (χ3v) is 6.41. The number of anilines is 1. The lowest BCUT2D eigenvalue weighted by atomic mass is 9.80. The summed E-state index contributed by atoms with van der Waals surface area (Å²) in [7, 11) is 0. The second-order valence-electron chi connectivity index (χ2n) is 8.28. The molecule has 2 unspecified atom stereocenters. The van der Waals surface area contributed by atoms with Crippen molar-refractivity contribution in [3.05, 3.63) is 65.2 Å². The molecule has 1 spiro atoms. The molecule has 1 saturated carbocycles. The van der Waals surface area contributed by atoms with Crippen LogP contribution in [0.1, 0.15) is 55.2 Å². The van der Waals surface area contributed by atoms with E-state index in [1.807, 2.05) is 6.92 Å². The number of benzene rings is 2. The Kier molecular flexibility index (Phi) is 2.94. The van der Waals surface area contributed by atoms with E-state index in [4.69, 9.17) is 0 Å². The van der Waals surface area contributed by atoms with Crippen LogP contribution in [0.3, 0.4) is 0 Å². The minimum atomic E-state index is -0.692. The number of para-hydroxylation sites is 1. The highest BCUT2D eigenvalue weighted by Gasteiger charge is 2.52. The SMILES string of the molecule is CC1(O)CC2(CCN(c3ccccc3C3CC3)C2)c2ccccc21. The Morgan fingerprint density at radius 2 is 1.71 bits per heavy atom. The highest BCUT2D eigenvalue weighted by Crippen LogP contribution is 2.54. The quantitative estimate of drug-likeness (QED) is 0.891. The summed E-state index contributed by atoms with van der Waals surface area (Å²) < 4.78 is 0. The Hall–Kier alpha value is -1.80. The highest BCUT2D eigenvalue weighted by molar-refractivity contribution is 5.59. The number of nitrogens with zero attached hydrogens (tertiary/aromatic N) is 1. The van der Waals surface area contributed by atoms with Crippen molar-refractivity contribution in [2.75, 3.05) is 18.0 Å². The zero-order valence-electron chi connectivity index (χ0n) is 14.3. The van der Waals surface area contributed by atoms with E-state index in [2.05, 4.69) is 53.4 Å². The van der Waals surface area contributed by atoms with Crippen LogP contribution in [-0.4, -0.2) is 18.2 Å². The third-order valence-electron chi connectivity index (χ3n) is 6.41. The normalized spacial score (nSPS) is 31.7. The lowest BCUT2D eigenvalue weighted by molar-refractivity contribution is 0.0436. The van der Waals surface area contributed by atoms with E-state index in [0.717, 1.165) is 37.4 Å². The average molecular weight is 319 g/mol. The fourth-order valence-corrected chi connectivity index (χ4v) is 5.22. The molecule has 5 rings (SSSR count). The van der Waals surface area contributed by atoms with Crippen molar-refractivity contribution in [1.82, 2.24) is 0 Å². The van der Waals surface area contributed by atoms with Crippen molar-refractivity contribution >= 4 is 5.69 Å². The fraction of sp³-hybridized carbons (Fsp3) is 0.455. The molecule has 2 heteroatoms. The van der Waals surface area contributed by atoms with Gasteiger partial charge in [0, 0.05) is 24.2 Å². The van der Waals surface area contributed by atoms with Crippen molar-refractivity contribution < 1.29 is 5.11 Å². The molecule has 2 aromatic rings. The lowest BCUT2D eigenvalue weighted by Gasteiger charge is -2.28. The van der Waals surface area contributed by atoms with Crippen LogP contribution in [-0.2, 0) is 11.0 Å². The van der Waals surface area contributed by atoms with E-state index < -0.39 is 5.60 Å². The minimum Gasteiger partial charge on any atom is -0.385 e. The van der Waals surface area contributed by atoms with Gasteiger partial charge in [-0.2, -0.15) is 0 Å². The first kappa shape index (κ1) is 14.5. The van der Waals surface area contributed by atoms with Crippen LogP contribution in [0.5, 0.6) is 0 Å². The molecule has 3 aliphatic rings. The van der Waals surface area contributed by atoms with Gasteiger partial charge in [0.05, 0.1) is 5.60 Å². The van der Waals surface area contributed by atoms with Gasteiger partial charge in [0.25, 0.3) is 0 Å². The summed E-state index contributed by atoms with van der Waals surface area (Å²) in [5.41, 5.74) is 4.90. The third kappa shape index (κ3) is 2.05. The van der Waals surface area contributed by atoms with Crippen LogP contribution in [0, 0.1) is 0 Å². The standard InChI is InChI=1S/C22H25NO/c1-21(24)14-22(19-8-4-3-7-18(19)21)12-13-23(15-22)20-9-5-2-6-17(20)16-10-11-16/h2-9,16,24H,10-15H2,1H3. The van der Waals surface area contributed by atoms with Crippen LogP contribution in [0.15, 0.2) is 48.5 Å². The van der Waals surface area contributed by atoms with Gasteiger partial charge in [0.2, 0.25) is 0 Å². The van der Waals surface area contributed by atoms with Gasteiger partial charge < -0.3 is 10.0 Å². The predicted octanol–water partition coefficient (Wildman–Crippen LogP) is 4.32. The van der Waals surface area contributed by atoms with Crippen molar-refractivity contribution in [3.63, 3.8) is 0 Å². The van der Waals surface area contributed by atoms with Crippen molar-refractivity contribution in [1.29, 1.82) is 0 Å². The molecule has 2 fully saturated rings. The molecule has 2 atom stereocenters. The van der Waals surface area contributed by atoms with E-state index >= 15 is 0 Å². The van der Waals surface area contributed by atoms with Crippen molar-refractivity contribution in [2.45, 2.75) is 49.5 Å². The molecular formula is C22H25NO. The Bertz CT molecular complexity index is 792. The Labute approximate surface area is 144 Å². The molecule has 1 N–H and O–H groups in total. The highest BCUT2D eigenvalue weighted by atomic mass is 16.3. The summed E-state index contributed by atoms with van der Waals surface area (Å²) in [6, 6.07) is 17.5. The fourth-order valence-electron chi connectivity index (χ4n) is 5.22. The molecule has 0 aromatic heterocycles. The second-order valence-corrected chi connectivity index (χ2v) is 8.28. The first-order chi connectivity index (χ1) is 11.6. The number of aliphatic hydroxyl groups is 1. The van der Waals surface area contributed by atoms with Gasteiger partial charge >= 0.3 is 0 Å². The maximum absolute atomic E-state index is 11.0. The van der Waals surface area contributed by atoms with Crippen LogP contribution in [0.25, 0.3) is 0 Å². The van der Waals surface area contributed by atoms with Crippen molar-refractivity contribution in [3.8, 4) is 0 Å². The molecular weight excluding hydrogens is 294 g/mol. The van der Waals surface area contributed by atoms with E-state index in [0.29, 0.717) is 0 Å². The number of rotatable bonds is 2. The van der Waals surface area contributed by atoms with Crippen molar-refractivity contribution in [2.24, 2.45) is 0 Å². The zero-order chi connectivity index (χ0) is 16.4. The van der Waals surface area contributed by atoms with Gasteiger partial charge in [-0.05, 0) is 61.3 Å². The molecule has 0 amide bonds. The van der Waals surface area contributed by atoms with Gasteiger partial charge in [-0.1, -0.05) is 42.5 Å². The Morgan fingerprint density at radius 3 is 2.50 bits per heavy atom. The molecule has 24 heavy (non-hydrogen) atoms. The number of hydrogen-bond acceptors (Lipinski definition) is 2. The van der Waals surface area contributed by atoms with Gasteiger partial charge in [0.1, 0.15) is 0 Å². The summed E-state index contributed by atoms with van der Waals surface area (Å²) in [5.74, 6) is 0.775. The zero-order valence-corrected chi connectivity index (χ0v) is 14.3. The number of hydrogen-bond donors (Lipinski definition) is 1. The van der Waals surface area contributed by atoms with E-state index in [-0.39, 0.29) is 5.41 Å². The van der Waals surface area contributed by atoms with Crippen LogP contribution < -0.4 is 4.90 Å². The summed E-state index contributed by atoms with van der Waals surface area (Å²) in [5, 5.41) is 11.0. The maximum Gasteiger partial charge on any atom is 0.0880 e.